The lowest BCUT2D eigenvalue weighted by Gasteiger charge is -2.22. The van der Waals surface area contributed by atoms with Gasteiger partial charge >= 0.3 is 5.97 Å². The van der Waals surface area contributed by atoms with Gasteiger partial charge in [0, 0.05) is 0 Å². The molecule has 3 unspecified atom stereocenters. The molecule has 3 rings (SSSR count). The Balaban J connectivity index is 1.33. The van der Waals surface area contributed by atoms with Crippen LogP contribution >= 0.6 is 0 Å². The molecule has 2 aliphatic carbocycles. The Morgan fingerprint density at radius 2 is 1.89 bits per heavy atom. The molecule has 3 heteroatoms. The highest BCUT2D eigenvalue weighted by atomic mass is 16.6. The number of carbonyl (C=O) groups excluding carboxylic acids is 1. The number of carbonyl (C=O) groups is 1. The molecule has 0 aromatic carbocycles. The fraction of sp³-hybridized carbons (Fsp3) is 0.933. The van der Waals surface area contributed by atoms with Gasteiger partial charge in [-0.05, 0) is 31.6 Å². The van der Waals surface area contributed by atoms with Gasteiger partial charge in [-0.1, -0.05) is 32.1 Å². The maximum atomic E-state index is 11.9. The van der Waals surface area contributed by atoms with Crippen LogP contribution in [-0.2, 0) is 14.3 Å². The number of epoxide rings is 1. The fourth-order valence-corrected chi connectivity index (χ4v) is 3.54. The van der Waals surface area contributed by atoms with Gasteiger partial charge in [-0.2, -0.15) is 0 Å². The van der Waals surface area contributed by atoms with Crippen LogP contribution in [0.5, 0.6) is 0 Å². The molecular formula is C15H24O3. The lowest BCUT2D eigenvalue weighted by Crippen LogP contribution is -2.24. The van der Waals surface area contributed by atoms with E-state index in [1.165, 1.54) is 32.1 Å². The van der Waals surface area contributed by atoms with E-state index in [0.29, 0.717) is 18.8 Å². The number of hydrogen-bond acceptors (Lipinski definition) is 3. The van der Waals surface area contributed by atoms with E-state index in [1.54, 1.807) is 0 Å². The molecule has 18 heavy (non-hydrogen) atoms. The monoisotopic (exact) mass is 252 g/mol. The van der Waals surface area contributed by atoms with Gasteiger partial charge < -0.3 is 9.47 Å². The molecule has 3 fully saturated rings. The number of rotatable bonds is 4. The summed E-state index contributed by atoms with van der Waals surface area (Å²) in [6, 6.07) is 0. The summed E-state index contributed by atoms with van der Waals surface area (Å²) in [6.45, 7) is 0.634. The van der Waals surface area contributed by atoms with Crippen molar-refractivity contribution >= 4 is 5.97 Å². The second-order valence-corrected chi connectivity index (χ2v) is 6.18. The summed E-state index contributed by atoms with van der Waals surface area (Å²) >= 11 is 0. The van der Waals surface area contributed by atoms with E-state index in [4.69, 9.17) is 9.47 Å². The van der Waals surface area contributed by atoms with E-state index >= 15 is 0 Å². The molecule has 1 aliphatic heterocycles. The molecule has 0 aromatic rings. The predicted molar refractivity (Wildman–Crippen MR) is 68.2 cm³/mol. The summed E-state index contributed by atoms with van der Waals surface area (Å²) in [5, 5.41) is 0. The van der Waals surface area contributed by atoms with Gasteiger partial charge in [-0.15, -0.1) is 0 Å². The highest BCUT2D eigenvalue weighted by Crippen LogP contribution is 2.39. The molecule has 3 nitrogen and oxygen atoms in total. The van der Waals surface area contributed by atoms with Crippen LogP contribution in [0, 0.1) is 11.8 Å². The Morgan fingerprint density at radius 1 is 1.06 bits per heavy atom. The van der Waals surface area contributed by atoms with Crippen LogP contribution in [0.1, 0.15) is 57.8 Å². The Bertz CT molecular complexity index is 296. The van der Waals surface area contributed by atoms with E-state index in [1.807, 2.05) is 0 Å². The van der Waals surface area contributed by atoms with Crippen molar-refractivity contribution < 1.29 is 14.3 Å². The SMILES string of the molecule is O=C(OCCC1CCCCC1)C1CCC2OC2C1. The fourth-order valence-electron chi connectivity index (χ4n) is 3.54. The van der Waals surface area contributed by atoms with Gasteiger partial charge in [-0.3, -0.25) is 4.79 Å². The summed E-state index contributed by atoms with van der Waals surface area (Å²) in [5.41, 5.74) is 0. The third-order valence-electron chi connectivity index (χ3n) is 4.83. The van der Waals surface area contributed by atoms with Crippen molar-refractivity contribution in [1.29, 1.82) is 0 Å². The quantitative estimate of drug-likeness (QED) is 0.570. The van der Waals surface area contributed by atoms with Gasteiger partial charge in [0.15, 0.2) is 0 Å². The van der Waals surface area contributed by atoms with Crippen molar-refractivity contribution in [2.75, 3.05) is 6.61 Å². The molecule has 1 heterocycles. The first kappa shape index (κ1) is 12.5. The Labute approximate surface area is 109 Å². The third-order valence-corrected chi connectivity index (χ3v) is 4.83. The van der Waals surface area contributed by atoms with Crippen molar-refractivity contribution in [2.45, 2.75) is 70.0 Å². The third kappa shape index (κ3) is 3.05. The number of fused-ring (bicyclic) bond motifs is 1. The van der Waals surface area contributed by atoms with E-state index in [0.717, 1.165) is 31.6 Å². The lowest BCUT2D eigenvalue weighted by molar-refractivity contribution is -0.149. The van der Waals surface area contributed by atoms with Crippen molar-refractivity contribution in [3.63, 3.8) is 0 Å². The molecule has 102 valence electrons. The highest BCUT2D eigenvalue weighted by Gasteiger charge is 2.46. The molecule has 3 atom stereocenters. The van der Waals surface area contributed by atoms with Gasteiger partial charge in [0.1, 0.15) is 0 Å². The second kappa shape index (κ2) is 5.60. The Kier molecular flexibility index (Phi) is 3.88. The zero-order chi connectivity index (χ0) is 12.4. The van der Waals surface area contributed by atoms with Crippen LogP contribution in [-0.4, -0.2) is 24.8 Å². The van der Waals surface area contributed by atoms with Crippen LogP contribution in [0.2, 0.25) is 0 Å². The average molecular weight is 252 g/mol. The van der Waals surface area contributed by atoms with Crippen molar-refractivity contribution in [2.24, 2.45) is 11.8 Å². The minimum absolute atomic E-state index is 0.0276. The average Bonchev–Trinajstić information content (AvgIpc) is 3.18. The molecule has 2 saturated carbocycles. The molecule has 0 radical (unpaired) electrons. The largest absolute Gasteiger partial charge is 0.465 e. The minimum Gasteiger partial charge on any atom is -0.465 e. The summed E-state index contributed by atoms with van der Waals surface area (Å²) in [5.74, 6) is 0.939. The zero-order valence-corrected chi connectivity index (χ0v) is 11.1. The predicted octanol–water partition coefficient (Wildman–Crippen LogP) is 3.07. The van der Waals surface area contributed by atoms with Crippen LogP contribution in [0.4, 0.5) is 0 Å². The van der Waals surface area contributed by atoms with Crippen LogP contribution in [0.3, 0.4) is 0 Å². The van der Waals surface area contributed by atoms with E-state index in [2.05, 4.69) is 0 Å². The molecule has 0 N–H and O–H groups in total. The molecule has 3 aliphatic rings. The smallest absolute Gasteiger partial charge is 0.309 e. The van der Waals surface area contributed by atoms with Gasteiger partial charge in [0.05, 0.1) is 24.7 Å². The second-order valence-electron chi connectivity index (χ2n) is 6.18. The molecule has 0 bridgehead atoms. The zero-order valence-electron chi connectivity index (χ0n) is 11.1. The topological polar surface area (TPSA) is 38.8 Å². The van der Waals surface area contributed by atoms with Crippen LogP contribution < -0.4 is 0 Å². The van der Waals surface area contributed by atoms with Crippen LogP contribution in [0.15, 0.2) is 0 Å². The summed E-state index contributed by atoms with van der Waals surface area (Å²) in [6.07, 6.45) is 11.6. The van der Waals surface area contributed by atoms with E-state index in [-0.39, 0.29) is 11.9 Å². The maximum absolute atomic E-state index is 11.9. The Hall–Kier alpha value is -0.570. The van der Waals surface area contributed by atoms with Gasteiger partial charge in [-0.25, -0.2) is 0 Å². The minimum atomic E-state index is 0.0276. The molecule has 0 spiro atoms. The maximum Gasteiger partial charge on any atom is 0.309 e. The molecular weight excluding hydrogens is 228 g/mol. The van der Waals surface area contributed by atoms with E-state index < -0.39 is 0 Å². The molecule has 1 saturated heterocycles. The highest BCUT2D eigenvalue weighted by molar-refractivity contribution is 5.72. The van der Waals surface area contributed by atoms with Gasteiger partial charge in [0.2, 0.25) is 0 Å². The first-order chi connectivity index (χ1) is 8.83. The van der Waals surface area contributed by atoms with Crippen LogP contribution in [0.25, 0.3) is 0 Å². The number of hydrogen-bond donors (Lipinski definition) is 0. The van der Waals surface area contributed by atoms with Crippen molar-refractivity contribution in [1.82, 2.24) is 0 Å². The van der Waals surface area contributed by atoms with Crippen molar-refractivity contribution in [3.05, 3.63) is 0 Å². The Morgan fingerprint density at radius 3 is 2.67 bits per heavy atom. The molecule has 0 amide bonds. The summed E-state index contributed by atoms with van der Waals surface area (Å²) in [7, 11) is 0. The van der Waals surface area contributed by atoms with Gasteiger partial charge in [0.25, 0.3) is 0 Å². The van der Waals surface area contributed by atoms with Crippen molar-refractivity contribution in [3.8, 4) is 0 Å². The lowest BCUT2D eigenvalue weighted by atomic mass is 9.87. The number of esters is 1. The summed E-state index contributed by atoms with van der Waals surface area (Å²) < 4.78 is 10.9. The summed E-state index contributed by atoms with van der Waals surface area (Å²) in [4.78, 5) is 11.9. The first-order valence-corrected chi connectivity index (χ1v) is 7.65. The molecule has 0 aromatic heterocycles. The first-order valence-electron chi connectivity index (χ1n) is 7.65. The normalized spacial score (nSPS) is 35.9. The number of ether oxygens (including phenoxy) is 2. The standard InChI is InChI=1S/C15H24O3/c16-15(12-6-7-13-14(10-12)18-13)17-9-8-11-4-2-1-3-5-11/h11-14H,1-10H2. The van der Waals surface area contributed by atoms with E-state index in [9.17, 15) is 4.79 Å².